The molecular formula is C11H6ClF3N4S. The van der Waals surface area contributed by atoms with E-state index in [1.807, 2.05) is 6.07 Å². The molecule has 0 amide bonds. The number of rotatable bonds is 2. The fourth-order valence-electron chi connectivity index (χ4n) is 1.71. The average molecular weight is 319 g/mol. The zero-order valence-corrected chi connectivity index (χ0v) is 11.3. The van der Waals surface area contributed by atoms with Crippen LogP contribution in [0.2, 0.25) is 5.02 Å². The summed E-state index contributed by atoms with van der Waals surface area (Å²) in [6.07, 6.45) is -4.22. The van der Waals surface area contributed by atoms with Gasteiger partial charge in [0, 0.05) is 11.4 Å². The highest BCUT2D eigenvalue weighted by Crippen LogP contribution is 2.29. The first-order chi connectivity index (χ1) is 9.45. The van der Waals surface area contributed by atoms with Crippen LogP contribution in [0.3, 0.4) is 0 Å². The van der Waals surface area contributed by atoms with E-state index in [0.29, 0.717) is 16.5 Å². The van der Waals surface area contributed by atoms with Crippen LogP contribution in [0.4, 0.5) is 13.2 Å². The lowest BCUT2D eigenvalue weighted by Crippen LogP contribution is -2.11. The summed E-state index contributed by atoms with van der Waals surface area (Å²) < 4.78 is 38.7. The molecule has 2 aromatic heterocycles. The summed E-state index contributed by atoms with van der Waals surface area (Å²) in [6.45, 7) is 0. The van der Waals surface area contributed by atoms with E-state index >= 15 is 0 Å². The molecule has 4 nitrogen and oxygen atoms in total. The summed E-state index contributed by atoms with van der Waals surface area (Å²) >= 11 is 7.07. The molecule has 0 saturated heterocycles. The first-order valence-electron chi connectivity index (χ1n) is 5.47. The minimum atomic E-state index is -4.57. The fourth-order valence-corrected chi connectivity index (χ4v) is 2.77. The lowest BCUT2D eigenvalue weighted by molar-refractivity contribution is -0.146. The maximum atomic E-state index is 12.7. The van der Waals surface area contributed by atoms with E-state index in [2.05, 4.69) is 15.3 Å². The van der Waals surface area contributed by atoms with Crippen molar-refractivity contribution in [2.75, 3.05) is 0 Å². The van der Waals surface area contributed by atoms with Gasteiger partial charge in [-0.2, -0.15) is 22.8 Å². The number of hydrogen-bond acceptors (Lipinski definition) is 4. The van der Waals surface area contributed by atoms with Crippen molar-refractivity contribution in [1.82, 2.24) is 19.8 Å². The first-order valence-corrected chi connectivity index (χ1v) is 6.66. The predicted octanol–water partition coefficient (Wildman–Crippen LogP) is 3.45. The summed E-state index contributed by atoms with van der Waals surface area (Å²) in [6, 6.07) is 7.11. The zero-order valence-electron chi connectivity index (χ0n) is 9.73. The fraction of sp³-hybridized carbons (Fsp3) is 0.182. The van der Waals surface area contributed by atoms with Crippen LogP contribution < -0.4 is 0 Å². The average Bonchev–Trinajstić information content (AvgIpc) is 2.90. The van der Waals surface area contributed by atoms with Crippen molar-refractivity contribution in [2.45, 2.75) is 12.6 Å². The van der Waals surface area contributed by atoms with E-state index < -0.39 is 12.0 Å². The molecule has 0 atom stereocenters. The minimum absolute atomic E-state index is 0.111. The topological polar surface area (TPSA) is 43.1 Å². The van der Waals surface area contributed by atoms with Crippen LogP contribution in [0.1, 0.15) is 16.4 Å². The summed E-state index contributed by atoms with van der Waals surface area (Å²) in [5.74, 6) is -1.12. The second-order valence-electron chi connectivity index (χ2n) is 3.98. The molecule has 0 unspecified atom stereocenters. The van der Waals surface area contributed by atoms with Crippen LogP contribution in [0.25, 0.3) is 4.96 Å². The standard InChI is InChI=1S/C11H6ClF3N4S/c12-7-4-2-1-3-6(7)5-8-18-19-9(11(13,14)15)16-17-10(19)20-8/h1-4H,5H2. The Balaban J connectivity index is 1.98. The molecule has 20 heavy (non-hydrogen) atoms. The van der Waals surface area contributed by atoms with Gasteiger partial charge in [0.1, 0.15) is 5.01 Å². The predicted molar refractivity (Wildman–Crippen MR) is 67.9 cm³/mol. The number of halogens is 4. The molecule has 0 bridgehead atoms. The molecule has 0 radical (unpaired) electrons. The SMILES string of the molecule is FC(F)(F)c1nnc2sc(Cc3ccccc3Cl)nn12. The van der Waals surface area contributed by atoms with Gasteiger partial charge in [0.15, 0.2) is 0 Å². The molecule has 0 saturated carbocycles. The second kappa shape index (κ2) is 4.71. The van der Waals surface area contributed by atoms with Gasteiger partial charge in [-0.1, -0.05) is 41.1 Å². The van der Waals surface area contributed by atoms with Crippen molar-refractivity contribution >= 4 is 27.9 Å². The Morgan fingerprint density at radius 1 is 1.20 bits per heavy atom. The van der Waals surface area contributed by atoms with Crippen molar-refractivity contribution in [2.24, 2.45) is 0 Å². The molecular weight excluding hydrogens is 313 g/mol. The number of aromatic nitrogens is 4. The number of fused-ring (bicyclic) bond motifs is 1. The van der Waals surface area contributed by atoms with Crippen LogP contribution in [0.5, 0.6) is 0 Å². The Hall–Kier alpha value is -1.67. The molecule has 0 spiro atoms. The van der Waals surface area contributed by atoms with Crippen molar-refractivity contribution < 1.29 is 13.2 Å². The van der Waals surface area contributed by atoms with Gasteiger partial charge in [0.25, 0.3) is 5.82 Å². The highest BCUT2D eigenvalue weighted by atomic mass is 35.5. The van der Waals surface area contributed by atoms with Gasteiger partial charge in [0.05, 0.1) is 0 Å². The van der Waals surface area contributed by atoms with Crippen LogP contribution in [-0.4, -0.2) is 19.8 Å². The van der Waals surface area contributed by atoms with E-state index in [1.165, 1.54) is 0 Å². The van der Waals surface area contributed by atoms with E-state index in [9.17, 15) is 13.2 Å². The van der Waals surface area contributed by atoms with Crippen molar-refractivity contribution in [1.29, 1.82) is 0 Å². The van der Waals surface area contributed by atoms with Gasteiger partial charge in [-0.3, -0.25) is 0 Å². The molecule has 0 aliphatic carbocycles. The van der Waals surface area contributed by atoms with Gasteiger partial charge >= 0.3 is 6.18 Å². The minimum Gasteiger partial charge on any atom is -0.178 e. The highest BCUT2D eigenvalue weighted by Gasteiger charge is 2.38. The largest absolute Gasteiger partial charge is 0.453 e. The summed E-state index contributed by atoms with van der Waals surface area (Å²) in [4.78, 5) is 0.111. The molecule has 104 valence electrons. The normalized spacial score (nSPS) is 12.2. The molecule has 2 heterocycles. The van der Waals surface area contributed by atoms with Crippen LogP contribution in [-0.2, 0) is 12.6 Å². The van der Waals surface area contributed by atoms with E-state index in [1.54, 1.807) is 18.2 Å². The van der Waals surface area contributed by atoms with E-state index in [0.717, 1.165) is 21.4 Å². The second-order valence-corrected chi connectivity index (χ2v) is 5.43. The van der Waals surface area contributed by atoms with Crippen molar-refractivity contribution in [3.8, 4) is 0 Å². The third kappa shape index (κ3) is 2.36. The van der Waals surface area contributed by atoms with Gasteiger partial charge < -0.3 is 0 Å². The first kappa shape index (κ1) is 13.3. The molecule has 1 aromatic carbocycles. The molecule has 3 aromatic rings. The van der Waals surface area contributed by atoms with Gasteiger partial charge in [-0.05, 0) is 11.6 Å². The third-order valence-electron chi connectivity index (χ3n) is 2.59. The third-order valence-corrected chi connectivity index (χ3v) is 3.85. The Morgan fingerprint density at radius 2 is 1.95 bits per heavy atom. The van der Waals surface area contributed by atoms with E-state index in [-0.39, 0.29) is 4.96 Å². The quantitative estimate of drug-likeness (QED) is 0.727. The molecule has 9 heteroatoms. The van der Waals surface area contributed by atoms with Crippen molar-refractivity contribution in [3.05, 3.63) is 45.7 Å². The Morgan fingerprint density at radius 3 is 2.65 bits per heavy atom. The molecule has 0 fully saturated rings. The lowest BCUT2D eigenvalue weighted by atomic mass is 10.2. The molecule has 3 rings (SSSR count). The van der Waals surface area contributed by atoms with Crippen LogP contribution >= 0.6 is 22.9 Å². The maximum absolute atomic E-state index is 12.7. The van der Waals surface area contributed by atoms with Gasteiger partial charge in [-0.25, -0.2) is 0 Å². The monoisotopic (exact) mass is 318 g/mol. The van der Waals surface area contributed by atoms with Gasteiger partial charge in [-0.15, -0.1) is 10.2 Å². The van der Waals surface area contributed by atoms with Crippen molar-refractivity contribution in [3.63, 3.8) is 0 Å². The Kier molecular flexibility index (Phi) is 3.14. The number of benzene rings is 1. The summed E-state index contributed by atoms with van der Waals surface area (Å²) in [7, 11) is 0. The smallest absolute Gasteiger partial charge is 0.178 e. The number of nitrogens with zero attached hydrogens (tertiary/aromatic N) is 4. The van der Waals surface area contributed by atoms with E-state index in [4.69, 9.17) is 11.6 Å². The summed E-state index contributed by atoms with van der Waals surface area (Å²) in [5, 5.41) is 11.5. The van der Waals surface area contributed by atoms with Gasteiger partial charge in [0.2, 0.25) is 4.96 Å². The molecule has 0 N–H and O–H groups in total. The highest BCUT2D eigenvalue weighted by molar-refractivity contribution is 7.16. The summed E-state index contributed by atoms with van der Waals surface area (Å²) in [5.41, 5.74) is 0.799. The number of hydrogen-bond donors (Lipinski definition) is 0. The van der Waals surface area contributed by atoms with Crippen LogP contribution in [0, 0.1) is 0 Å². The van der Waals surface area contributed by atoms with Crippen LogP contribution in [0.15, 0.2) is 24.3 Å². The molecule has 0 aliphatic rings. The Bertz CT molecular complexity index is 764. The Labute approximate surface area is 119 Å². The molecule has 0 aliphatic heterocycles. The maximum Gasteiger partial charge on any atom is 0.453 e. The lowest BCUT2D eigenvalue weighted by Gasteiger charge is -2.01. The zero-order chi connectivity index (χ0) is 14.3. The number of alkyl halides is 3.